The van der Waals surface area contributed by atoms with Gasteiger partial charge in [0.25, 0.3) is 0 Å². The number of hydrogen-bond donors (Lipinski definition) is 0. The highest BCUT2D eigenvalue weighted by Gasteiger charge is 2.22. The Bertz CT molecular complexity index is 705. The summed E-state index contributed by atoms with van der Waals surface area (Å²) < 4.78 is 1.98. The number of carbonyl (C=O) groups excluding carboxylic acids is 1. The first-order valence-electron chi connectivity index (χ1n) is 8.27. The van der Waals surface area contributed by atoms with Gasteiger partial charge in [-0.15, -0.1) is 0 Å². The third-order valence-electron chi connectivity index (χ3n) is 4.63. The van der Waals surface area contributed by atoms with E-state index < -0.39 is 0 Å². The summed E-state index contributed by atoms with van der Waals surface area (Å²) in [5, 5.41) is 1.14. The van der Waals surface area contributed by atoms with E-state index in [4.69, 9.17) is 0 Å². The molecular weight excluding hydrogens is 288 g/mol. The molecule has 0 spiro atoms. The van der Waals surface area contributed by atoms with Gasteiger partial charge in [0.1, 0.15) is 12.2 Å². The molecule has 5 nitrogen and oxygen atoms in total. The van der Waals surface area contributed by atoms with Gasteiger partial charge in [0.2, 0.25) is 5.91 Å². The first kappa shape index (κ1) is 16.0. The number of hydrogen-bond acceptors (Lipinski definition) is 3. The van der Waals surface area contributed by atoms with Crippen LogP contribution in [0.1, 0.15) is 26.3 Å². The Balaban J connectivity index is 1.83. The number of nitrogens with zero attached hydrogens (tertiary/aromatic N) is 4. The molecule has 0 aromatic carbocycles. The zero-order chi connectivity index (χ0) is 16.6. The van der Waals surface area contributed by atoms with Crippen molar-refractivity contribution in [3.8, 4) is 0 Å². The van der Waals surface area contributed by atoms with E-state index in [1.165, 1.54) is 5.56 Å². The molecule has 0 atom stereocenters. The van der Waals surface area contributed by atoms with Crippen molar-refractivity contribution in [2.24, 2.45) is 0 Å². The van der Waals surface area contributed by atoms with Crippen molar-refractivity contribution in [3.63, 3.8) is 0 Å². The number of aromatic nitrogens is 2. The molecule has 1 aliphatic heterocycles. The van der Waals surface area contributed by atoms with E-state index in [0.717, 1.165) is 37.2 Å². The third kappa shape index (κ3) is 3.24. The molecule has 0 radical (unpaired) electrons. The first-order chi connectivity index (χ1) is 10.9. The van der Waals surface area contributed by atoms with Gasteiger partial charge in [-0.2, -0.15) is 0 Å². The summed E-state index contributed by atoms with van der Waals surface area (Å²) in [5.41, 5.74) is 2.24. The molecule has 23 heavy (non-hydrogen) atoms. The molecule has 1 aliphatic rings. The van der Waals surface area contributed by atoms with Gasteiger partial charge in [-0.1, -0.05) is 20.8 Å². The van der Waals surface area contributed by atoms with Gasteiger partial charge in [-0.3, -0.25) is 4.79 Å². The summed E-state index contributed by atoms with van der Waals surface area (Å²) in [4.78, 5) is 21.3. The maximum absolute atomic E-state index is 12.6. The molecule has 1 amide bonds. The molecule has 0 N–H and O–H groups in total. The molecule has 0 bridgehead atoms. The molecule has 0 unspecified atom stereocenters. The van der Waals surface area contributed by atoms with Crippen molar-refractivity contribution >= 4 is 16.9 Å². The molecule has 2 aromatic heterocycles. The minimum absolute atomic E-state index is 0.0643. The topological polar surface area (TPSA) is 41.4 Å². The smallest absolute Gasteiger partial charge is 0.242 e. The molecule has 0 aliphatic carbocycles. The lowest BCUT2D eigenvalue weighted by Gasteiger charge is -2.32. The average Bonchev–Trinajstić information content (AvgIpc) is 2.90. The van der Waals surface area contributed by atoms with Crippen LogP contribution in [0.2, 0.25) is 0 Å². The first-order valence-corrected chi connectivity index (χ1v) is 8.27. The minimum atomic E-state index is 0.0643. The van der Waals surface area contributed by atoms with Gasteiger partial charge in [-0.05, 0) is 30.2 Å². The Kier molecular flexibility index (Phi) is 4.15. The lowest BCUT2D eigenvalue weighted by Crippen LogP contribution is -2.48. The number of rotatable bonds is 2. The molecule has 5 heteroatoms. The van der Waals surface area contributed by atoms with Crippen LogP contribution in [-0.4, -0.2) is 58.5 Å². The van der Waals surface area contributed by atoms with Crippen molar-refractivity contribution in [1.82, 2.24) is 19.4 Å². The Hall–Kier alpha value is -1.88. The summed E-state index contributed by atoms with van der Waals surface area (Å²) in [6.07, 6.45) is 3.83. The number of amides is 1. The van der Waals surface area contributed by atoms with E-state index in [1.54, 1.807) is 0 Å². The van der Waals surface area contributed by atoms with Gasteiger partial charge in [0, 0.05) is 44.0 Å². The molecule has 124 valence electrons. The summed E-state index contributed by atoms with van der Waals surface area (Å²) in [6, 6.07) is 4.16. The minimum Gasteiger partial charge on any atom is -0.339 e. The van der Waals surface area contributed by atoms with Gasteiger partial charge < -0.3 is 14.4 Å². The summed E-state index contributed by atoms with van der Waals surface area (Å²) in [5.74, 6) is 0.179. The van der Waals surface area contributed by atoms with Crippen LogP contribution in [0.4, 0.5) is 0 Å². The third-order valence-corrected chi connectivity index (χ3v) is 4.63. The Morgan fingerprint density at radius 2 is 1.87 bits per heavy atom. The highest BCUT2D eigenvalue weighted by molar-refractivity contribution is 5.83. The Morgan fingerprint density at radius 1 is 1.17 bits per heavy atom. The van der Waals surface area contributed by atoms with Crippen LogP contribution in [0.25, 0.3) is 11.0 Å². The normalized spacial score (nSPS) is 17.0. The largest absolute Gasteiger partial charge is 0.339 e. The van der Waals surface area contributed by atoms with Crippen LogP contribution in [0, 0.1) is 0 Å². The predicted molar refractivity (Wildman–Crippen MR) is 92.5 cm³/mol. The number of carbonyl (C=O) groups is 1. The Labute approximate surface area is 137 Å². The lowest BCUT2D eigenvalue weighted by molar-refractivity contribution is -0.133. The number of likely N-dealkylation sites (N-methyl/N-ethyl adjacent to an activating group) is 1. The fourth-order valence-corrected chi connectivity index (χ4v) is 3.17. The fraction of sp³-hybridized carbons (Fsp3) is 0.556. The maximum Gasteiger partial charge on any atom is 0.242 e. The summed E-state index contributed by atoms with van der Waals surface area (Å²) >= 11 is 0. The van der Waals surface area contributed by atoms with Gasteiger partial charge >= 0.3 is 0 Å². The second-order valence-electron chi connectivity index (χ2n) is 7.47. The number of pyridine rings is 1. The van der Waals surface area contributed by atoms with Crippen molar-refractivity contribution in [2.45, 2.75) is 32.7 Å². The van der Waals surface area contributed by atoms with E-state index in [-0.39, 0.29) is 11.3 Å². The highest BCUT2D eigenvalue weighted by atomic mass is 16.2. The van der Waals surface area contributed by atoms with Crippen molar-refractivity contribution < 1.29 is 4.79 Å². The van der Waals surface area contributed by atoms with Crippen molar-refractivity contribution in [2.75, 3.05) is 33.2 Å². The van der Waals surface area contributed by atoms with Crippen molar-refractivity contribution in [1.29, 1.82) is 0 Å². The Morgan fingerprint density at radius 3 is 2.52 bits per heavy atom. The SMILES string of the molecule is CN1CCN(C(=O)Cn2ccc3c(C(C)(C)C)ccnc32)CC1. The van der Waals surface area contributed by atoms with Crippen LogP contribution in [-0.2, 0) is 16.8 Å². The van der Waals surface area contributed by atoms with E-state index in [9.17, 15) is 4.79 Å². The highest BCUT2D eigenvalue weighted by Crippen LogP contribution is 2.29. The summed E-state index contributed by atoms with van der Waals surface area (Å²) in [6.45, 7) is 10.5. The van der Waals surface area contributed by atoms with Crippen molar-refractivity contribution in [3.05, 3.63) is 30.1 Å². The molecule has 3 heterocycles. The fourth-order valence-electron chi connectivity index (χ4n) is 3.17. The zero-order valence-electron chi connectivity index (χ0n) is 14.5. The van der Waals surface area contributed by atoms with Crippen LogP contribution in [0.15, 0.2) is 24.5 Å². The lowest BCUT2D eigenvalue weighted by atomic mass is 9.86. The molecule has 1 fully saturated rings. The average molecular weight is 314 g/mol. The second-order valence-corrected chi connectivity index (χ2v) is 7.47. The van der Waals surface area contributed by atoms with Crippen LogP contribution >= 0.6 is 0 Å². The van der Waals surface area contributed by atoms with E-state index in [0.29, 0.717) is 6.54 Å². The molecule has 2 aromatic rings. The molecular formula is C18H26N4O. The van der Waals surface area contributed by atoms with E-state index in [1.807, 2.05) is 21.9 Å². The number of fused-ring (bicyclic) bond motifs is 1. The summed E-state index contributed by atoms with van der Waals surface area (Å²) in [7, 11) is 2.10. The zero-order valence-corrected chi connectivity index (χ0v) is 14.5. The van der Waals surface area contributed by atoms with E-state index >= 15 is 0 Å². The standard InChI is InChI=1S/C18H26N4O/c1-18(2,3)15-5-7-19-17-14(15)6-8-22(17)13-16(23)21-11-9-20(4)10-12-21/h5-8H,9-13H2,1-4H3. The van der Waals surface area contributed by atoms with Gasteiger partial charge in [0.15, 0.2) is 0 Å². The van der Waals surface area contributed by atoms with Crippen LogP contribution in [0.3, 0.4) is 0 Å². The molecule has 1 saturated heterocycles. The number of piperazine rings is 1. The maximum atomic E-state index is 12.6. The monoisotopic (exact) mass is 314 g/mol. The predicted octanol–water partition coefficient (Wildman–Crippen LogP) is 2.11. The van der Waals surface area contributed by atoms with E-state index in [2.05, 4.69) is 49.8 Å². The quantitative estimate of drug-likeness (QED) is 0.852. The molecule has 0 saturated carbocycles. The van der Waals surface area contributed by atoms with Crippen LogP contribution in [0.5, 0.6) is 0 Å². The second kappa shape index (κ2) is 5.96. The molecule has 3 rings (SSSR count). The van der Waals surface area contributed by atoms with Gasteiger partial charge in [0.05, 0.1) is 0 Å². The van der Waals surface area contributed by atoms with Gasteiger partial charge in [-0.25, -0.2) is 4.98 Å². The van der Waals surface area contributed by atoms with Crippen LogP contribution < -0.4 is 0 Å².